The van der Waals surface area contributed by atoms with Gasteiger partial charge in [0.25, 0.3) is 0 Å². The molecule has 2 heterocycles. The van der Waals surface area contributed by atoms with E-state index in [1.54, 1.807) is 0 Å². The van der Waals surface area contributed by atoms with E-state index in [1.807, 2.05) is 13.8 Å². The number of aryl methyl sites for hydroxylation is 3. The molecule has 6 rings (SSSR count). The number of hydrogen-bond acceptors (Lipinski definition) is 5. The lowest BCUT2D eigenvalue weighted by Gasteiger charge is -2.10. The van der Waals surface area contributed by atoms with E-state index in [0.717, 1.165) is 58.1 Å². The number of alkyl halides is 3. The predicted molar refractivity (Wildman–Crippen MR) is 167 cm³/mol. The van der Waals surface area contributed by atoms with E-state index in [0.29, 0.717) is 0 Å². The van der Waals surface area contributed by atoms with Crippen molar-refractivity contribution in [3.8, 4) is 33.6 Å². The molecule has 0 amide bonds. The molecular formula is C35H31F3N4O3. The van der Waals surface area contributed by atoms with Gasteiger partial charge in [-0.05, 0) is 78.4 Å². The Morgan fingerprint density at radius 2 is 1.38 bits per heavy atom. The Hall–Kier alpha value is -5.22. The van der Waals surface area contributed by atoms with Crippen molar-refractivity contribution in [1.82, 2.24) is 20.4 Å². The molecule has 230 valence electrons. The summed E-state index contributed by atoms with van der Waals surface area (Å²) in [6.45, 7) is 7.60. The van der Waals surface area contributed by atoms with Gasteiger partial charge in [0.05, 0.1) is 16.7 Å². The Balaban J connectivity index is 0.000000515. The number of imidazole rings is 1. The van der Waals surface area contributed by atoms with Crippen molar-refractivity contribution in [2.75, 3.05) is 0 Å². The summed E-state index contributed by atoms with van der Waals surface area (Å²) in [6, 6.07) is 32.1. The first-order valence-corrected chi connectivity index (χ1v) is 14.2. The second-order valence-corrected chi connectivity index (χ2v) is 10.6. The average Bonchev–Trinajstić information content (AvgIpc) is 3.61. The number of nitrogens with one attached hydrogen (secondary N) is 2. The number of carbonyl (C=O) groups is 1. The largest absolute Gasteiger partial charge is 0.490 e. The smallest absolute Gasteiger partial charge is 0.475 e. The lowest BCUT2D eigenvalue weighted by Crippen LogP contribution is -2.21. The fourth-order valence-electron chi connectivity index (χ4n) is 5.10. The van der Waals surface area contributed by atoms with Gasteiger partial charge in [0.15, 0.2) is 0 Å². The average molecular weight is 613 g/mol. The van der Waals surface area contributed by atoms with Crippen LogP contribution in [0.25, 0.3) is 44.7 Å². The highest BCUT2D eigenvalue weighted by molar-refractivity contribution is 5.83. The molecule has 0 aliphatic heterocycles. The predicted octanol–water partition coefficient (Wildman–Crippen LogP) is 8.40. The molecule has 6 aromatic rings. The number of aromatic amines is 1. The minimum Gasteiger partial charge on any atom is -0.475 e. The zero-order valence-electron chi connectivity index (χ0n) is 24.9. The van der Waals surface area contributed by atoms with Gasteiger partial charge in [0.2, 0.25) is 0 Å². The number of nitrogens with zero attached hydrogens (tertiary/aromatic N) is 2. The standard InChI is InChI=1S/C33H30N4O.C2HF3O2/c1-21-8-4-15-30-32(21)36-33(35-30)29-14-7-12-27(18-29)26-11-5-9-24(16-26)19-34-20-25-10-6-13-28(17-25)31-22(2)37-38-23(31)3;3-2(4,5)1(6)7/h4-18,34H,19-20H2,1-3H3,(H,35,36);(H,6,7). The quantitative estimate of drug-likeness (QED) is 0.167. The molecule has 4 aromatic carbocycles. The van der Waals surface area contributed by atoms with Gasteiger partial charge in [-0.25, -0.2) is 9.78 Å². The second-order valence-electron chi connectivity index (χ2n) is 10.6. The molecule has 0 saturated heterocycles. The first-order valence-electron chi connectivity index (χ1n) is 14.2. The fraction of sp³-hybridized carbons (Fsp3) is 0.171. The molecule has 0 aliphatic rings. The Bertz CT molecular complexity index is 1940. The number of fused-ring (bicyclic) bond motifs is 1. The Kier molecular flexibility index (Phi) is 9.15. The molecule has 0 spiro atoms. The summed E-state index contributed by atoms with van der Waals surface area (Å²) in [4.78, 5) is 17.2. The van der Waals surface area contributed by atoms with Crippen molar-refractivity contribution in [2.45, 2.75) is 40.0 Å². The monoisotopic (exact) mass is 612 g/mol. The van der Waals surface area contributed by atoms with Gasteiger partial charge in [-0.1, -0.05) is 71.9 Å². The first-order chi connectivity index (χ1) is 21.5. The van der Waals surface area contributed by atoms with Crippen molar-refractivity contribution >= 4 is 17.0 Å². The molecule has 10 heteroatoms. The van der Waals surface area contributed by atoms with Crippen molar-refractivity contribution in [3.05, 3.63) is 119 Å². The second kappa shape index (κ2) is 13.2. The molecule has 0 saturated carbocycles. The maximum Gasteiger partial charge on any atom is 0.490 e. The molecule has 45 heavy (non-hydrogen) atoms. The van der Waals surface area contributed by atoms with E-state index in [9.17, 15) is 13.2 Å². The molecule has 0 radical (unpaired) electrons. The van der Waals surface area contributed by atoms with E-state index < -0.39 is 12.1 Å². The number of para-hydroxylation sites is 1. The highest BCUT2D eigenvalue weighted by atomic mass is 19.4. The van der Waals surface area contributed by atoms with Crippen LogP contribution in [0.1, 0.15) is 28.1 Å². The van der Waals surface area contributed by atoms with Gasteiger partial charge in [-0.3, -0.25) is 0 Å². The highest BCUT2D eigenvalue weighted by Gasteiger charge is 2.38. The topological polar surface area (TPSA) is 104 Å². The third kappa shape index (κ3) is 7.47. The summed E-state index contributed by atoms with van der Waals surface area (Å²) in [6.07, 6.45) is -5.08. The Morgan fingerprint density at radius 1 is 0.822 bits per heavy atom. The summed E-state index contributed by atoms with van der Waals surface area (Å²) in [5, 5.41) is 14.8. The summed E-state index contributed by atoms with van der Waals surface area (Å²) >= 11 is 0. The van der Waals surface area contributed by atoms with Crippen molar-refractivity contribution in [3.63, 3.8) is 0 Å². The van der Waals surface area contributed by atoms with Crippen molar-refractivity contribution in [1.29, 1.82) is 0 Å². The minimum atomic E-state index is -5.08. The minimum absolute atomic E-state index is 0.780. The number of halogens is 3. The highest BCUT2D eigenvalue weighted by Crippen LogP contribution is 2.29. The van der Waals surface area contributed by atoms with Crippen LogP contribution in [0.15, 0.2) is 95.5 Å². The molecule has 0 bridgehead atoms. The zero-order valence-corrected chi connectivity index (χ0v) is 24.9. The molecule has 0 unspecified atom stereocenters. The molecule has 2 aromatic heterocycles. The van der Waals surface area contributed by atoms with Gasteiger partial charge in [-0.15, -0.1) is 0 Å². The molecule has 7 nitrogen and oxygen atoms in total. The Labute approximate surface area is 257 Å². The van der Waals surface area contributed by atoms with E-state index in [-0.39, 0.29) is 0 Å². The van der Waals surface area contributed by atoms with Crippen LogP contribution in [0.3, 0.4) is 0 Å². The van der Waals surface area contributed by atoms with Gasteiger partial charge in [-0.2, -0.15) is 13.2 Å². The molecule has 0 atom stereocenters. The van der Waals surface area contributed by atoms with Crippen LogP contribution in [0.4, 0.5) is 13.2 Å². The normalized spacial score (nSPS) is 11.3. The van der Waals surface area contributed by atoms with Crippen molar-refractivity contribution in [2.24, 2.45) is 0 Å². The summed E-state index contributed by atoms with van der Waals surface area (Å²) in [7, 11) is 0. The van der Waals surface area contributed by atoms with Crippen molar-refractivity contribution < 1.29 is 27.6 Å². The van der Waals surface area contributed by atoms with E-state index in [1.165, 1.54) is 27.8 Å². The number of carboxylic acids is 1. The maximum atomic E-state index is 10.6. The summed E-state index contributed by atoms with van der Waals surface area (Å²) in [5.74, 6) is -1.01. The van der Waals surface area contributed by atoms with Crippen LogP contribution in [0.2, 0.25) is 0 Å². The number of aliphatic carboxylic acids is 1. The van der Waals surface area contributed by atoms with Crippen LogP contribution in [-0.4, -0.2) is 32.4 Å². The molecular weight excluding hydrogens is 581 g/mol. The Morgan fingerprint density at radius 3 is 1.98 bits per heavy atom. The van der Waals surface area contributed by atoms with Gasteiger partial charge in [0, 0.05) is 24.2 Å². The van der Waals surface area contributed by atoms with Gasteiger partial charge in [0.1, 0.15) is 11.6 Å². The zero-order chi connectivity index (χ0) is 32.1. The summed E-state index contributed by atoms with van der Waals surface area (Å²) in [5.41, 5.74) is 12.3. The lowest BCUT2D eigenvalue weighted by atomic mass is 10.0. The number of H-pyrrole nitrogens is 1. The van der Waals surface area contributed by atoms with Crippen LogP contribution >= 0.6 is 0 Å². The number of hydrogen-bond donors (Lipinski definition) is 3. The number of aromatic nitrogens is 3. The van der Waals surface area contributed by atoms with E-state index in [4.69, 9.17) is 19.4 Å². The van der Waals surface area contributed by atoms with E-state index >= 15 is 0 Å². The van der Waals surface area contributed by atoms with Crippen LogP contribution < -0.4 is 5.32 Å². The van der Waals surface area contributed by atoms with Gasteiger partial charge >= 0.3 is 12.1 Å². The third-order valence-corrected chi connectivity index (χ3v) is 7.26. The van der Waals surface area contributed by atoms with Gasteiger partial charge < -0.3 is 19.9 Å². The lowest BCUT2D eigenvalue weighted by molar-refractivity contribution is -0.192. The van der Waals surface area contributed by atoms with E-state index in [2.05, 4.69) is 113 Å². The number of rotatable bonds is 7. The number of benzene rings is 4. The fourth-order valence-corrected chi connectivity index (χ4v) is 5.10. The van der Waals surface area contributed by atoms with Crippen LogP contribution in [0, 0.1) is 20.8 Å². The molecule has 0 fully saturated rings. The summed E-state index contributed by atoms with van der Waals surface area (Å²) < 4.78 is 37.1. The molecule has 3 N–H and O–H groups in total. The van der Waals surface area contributed by atoms with Crippen LogP contribution in [-0.2, 0) is 17.9 Å². The molecule has 0 aliphatic carbocycles. The van der Waals surface area contributed by atoms with Crippen LogP contribution in [0.5, 0.6) is 0 Å². The maximum absolute atomic E-state index is 10.6. The third-order valence-electron chi connectivity index (χ3n) is 7.26. The first kappa shape index (κ1) is 31.2. The number of carboxylic acid groups (broad SMARTS) is 1. The SMILES string of the molecule is Cc1noc(C)c1-c1cccc(CNCc2cccc(-c3cccc(-c4nc5c(C)cccc5[nH]4)c3)c2)c1.O=C(O)C(F)(F)F.